The van der Waals surface area contributed by atoms with Crippen LogP contribution in [0.3, 0.4) is 0 Å². The summed E-state index contributed by atoms with van der Waals surface area (Å²) in [7, 11) is 0. The molecule has 1 aliphatic heterocycles. The fourth-order valence-electron chi connectivity index (χ4n) is 2.28. The fraction of sp³-hybridized carbons (Fsp3) is 0.583. The van der Waals surface area contributed by atoms with Crippen LogP contribution in [0.15, 0.2) is 12.1 Å². The largest absolute Gasteiger partial charge is 0.315 e. The predicted molar refractivity (Wildman–Crippen MR) is 68.3 cm³/mol. The van der Waals surface area contributed by atoms with Crippen molar-refractivity contribution in [3.63, 3.8) is 0 Å². The summed E-state index contributed by atoms with van der Waals surface area (Å²) in [4.78, 5) is 2.40. The maximum Gasteiger partial charge on any atom is 0.177 e. The molecule has 6 nitrogen and oxygen atoms in total. The van der Waals surface area contributed by atoms with Crippen LogP contribution in [0.4, 0.5) is 0 Å². The van der Waals surface area contributed by atoms with Crippen molar-refractivity contribution in [2.75, 3.05) is 26.2 Å². The Balaban J connectivity index is 1.83. The number of fused-ring (bicyclic) bond motifs is 1. The minimum atomic E-state index is 0.819. The lowest BCUT2D eigenvalue weighted by molar-refractivity contribution is 0.275. The van der Waals surface area contributed by atoms with Gasteiger partial charge in [0, 0.05) is 13.1 Å². The molecule has 1 fully saturated rings. The molecule has 1 saturated heterocycles. The number of nitrogens with zero attached hydrogens (tertiary/aromatic N) is 5. The van der Waals surface area contributed by atoms with Gasteiger partial charge in [0.05, 0.1) is 12.2 Å². The third-order valence-corrected chi connectivity index (χ3v) is 3.26. The van der Waals surface area contributed by atoms with Crippen molar-refractivity contribution in [2.45, 2.75) is 19.9 Å². The van der Waals surface area contributed by atoms with E-state index in [0.717, 1.165) is 49.9 Å². The van der Waals surface area contributed by atoms with Gasteiger partial charge in [-0.25, -0.2) is 0 Å². The zero-order valence-electron chi connectivity index (χ0n) is 10.6. The summed E-state index contributed by atoms with van der Waals surface area (Å²) < 4.78 is 1.85. The molecule has 6 heteroatoms. The number of hydrogen-bond acceptors (Lipinski definition) is 5. The molecule has 0 saturated carbocycles. The number of aryl methyl sites for hydroxylation is 1. The Labute approximate surface area is 106 Å². The number of aromatic nitrogens is 4. The molecule has 0 bridgehead atoms. The molecule has 0 amide bonds. The third-order valence-electron chi connectivity index (χ3n) is 3.26. The molecule has 0 atom stereocenters. The molecule has 3 rings (SSSR count). The minimum absolute atomic E-state index is 0.819. The average molecular weight is 246 g/mol. The second-order valence-corrected chi connectivity index (χ2v) is 4.74. The molecule has 0 spiro atoms. The van der Waals surface area contributed by atoms with Crippen molar-refractivity contribution in [3.8, 4) is 0 Å². The Kier molecular flexibility index (Phi) is 3.21. The van der Waals surface area contributed by atoms with Crippen LogP contribution >= 0.6 is 0 Å². The minimum Gasteiger partial charge on any atom is -0.315 e. The summed E-state index contributed by atoms with van der Waals surface area (Å²) in [6, 6.07) is 3.92. The molecule has 2 aromatic rings. The quantitative estimate of drug-likeness (QED) is 0.822. The maximum absolute atomic E-state index is 4.47. The zero-order chi connectivity index (χ0) is 12.4. The van der Waals surface area contributed by atoms with E-state index >= 15 is 0 Å². The van der Waals surface area contributed by atoms with E-state index in [-0.39, 0.29) is 0 Å². The molecule has 0 radical (unpaired) electrons. The van der Waals surface area contributed by atoms with E-state index in [9.17, 15) is 0 Å². The molecule has 96 valence electrons. The van der Waals surface area contributed by atoms with Gasteiger partial charge in [-0.3, -0.25) is 4.90 Å². The van der Waals surface area contributed by atoms with Gasteiger partial charge in [-0.05, 0) is 38.6 Å². The number of nitrogens with one attached hydrogen (secondary N) is 1. The Bertz CT molecular complexity index is 526. The molecular formula is C12H18N6. The maximum atomic E-state index is 4.47. The Morgan fingerprint density at radius 2 is 2.17 bits per heavy atom. The smallest absolute Gasteiger partial charge is 0.177 e. The van der Waals surface area contributed by atoms with E-state index in [1.807, 2.05) is 23.6 Å². The summed E-state index contributed by atoms with van der Waals surface area (Å²) in [6.45, 7) is 7.12. The highest BCUT2D eigenvalue weighted by Crippen LogP contribution is 2.07. The van der Waals surface area contributed by atoms with Gasteiger partial charge < -0.3 is 5.32 Å². The summed E-state index contributed by atoms with van der Waals surface area (Å²) in [5.41, 5.74) is 1.81. The van der Waals surface area contributed by atoms with E-state index in [1.54, 1.807) is 0 Å². The van der Waals surface area contributed by atoms with E-state index in [0.29, 0.717) is 0 Å². The van der Waals surface area contributed by atoms with Gasteiger partial charge in [-0.1, -0.05) is 0 Å². The van der Waals surface area contributed by atoms with Crippen LogP contribution in [0.2, 0.25) is 0 Å². The first kappa shape index (κ1) is 11.6. The van der Waals surface area contributed by atoms with Gasteiger partial charge in [0.25, 0.3) is 0 Å². The average Bonchev–Trinajstić information content (AvgIpc) is 2.60. The first-order chi connectivity index (χ1) is 8.83. The second-order valence-electron chi connectivity index (χ2n) is 4.74. The lowest BCUT2D eigenvalue weighted by Gasteiger charge is -2.17. The Morgan fingerprint density at radius 1 is 1.22 bits per heavy atom. The number of hydrogen-bond donors (Lipinski definition) is 1. The molecule has 1 N–H and O–H groups in total. The standard InChI is InChI=1S/C12H18N6/c1-10-3-4-11-14-15-12(18(11)16-10)9-17-7-2-5-13-6-8-17/h3-4,13H,2,5-9H2,1H3. The van der Waals surface area contributed by atoms with Crippen LogP contribution in [0.5, 0.6) is 0 Å². The van der Waals surface area contributed by atoms with Crippen LogP contribution < -0.4 is 5.32 Å². The van der Waals surface area contributed by atoms with Gasteiger partial charge in [-0.2, -0.15) is 9.61 Å². The van der Waals surface area contributed by atoms with E-state index in [2.05, 4.69) is 25.5 Å². The summed E-state index contributed by atoms with van der Waals surface area (Å²) in [5.74, 6) is 0.926. The second kappa shape index (κ2) is 4.99. The van der Waals surface area contributed by atoms with Crippen molar-refractivity contribution in [1.82, 2.24) is 30.0 Å². The highest BCUT2D eigenvalue weighted by Gasteiger charge is 2.13. The lowest BCUT2D eigenvalue weighted by Crippen LogP contribution is -2.28. The third kappa shape index (κ3) is 2.34. The van der Waals surface area contributed by atoms with Gasteiger partial charge in [-0.15, -0.1) is 10.2 Å². The topological polar surface area (TPSA) is 58.4 Å². The van der Waals surface area contributed by atoms with Crippen molar-refractivity contribution in [2.24, 2.45) is 0 Å². The van der Waals surface area contributed by atoms with Crippen molar-refractivity contribution < 1.29 is 0 Å². The molecular weight excluding hydrogens is 228 g/mol. The monoisotopic (exact) mass is 246 g/mol. The highest BCUT2D eigenvalue weighted by atomic mass is 15.4. The molecule has 2 aromatic heterocycles. The Morgan fingerprint density at radius 3 is 3.11 bits per heavy atom. The van der Waals surface area contributed by atoms with E-state index in [1.165, 1.54) is 6.42 Å². The fourth-order valence-corrected chi connectivity index (χ4v) is 2.28. The summed E-state index contributed by atoms with van der Waals surface area (Å²) in [5, 5.41) is 16.3. The van der Waals surface area contributed by atoms with Crippen molar-refractivity contribution in [1.29, 1.82) is 0 Å². The van der Waals surface area contributed by atoms with Gasteiger partial charge >= 0.3 is 0 Å². The summed E-state index contributed by atoms with van der Waals surface area (Å²) >= 11 is 0. The van der Waals surface area contributed by atoms with Crippen molar-refractivity contribution >= 4 is 5.65 Å². The highest BCUT2D eigenvalue weighted by molar-refractivity contribution is 5.35. The van der Waals surface area contributed by atoms with Crippen LogP contribution in [-0.2, 0) is 6.54 Å². The zero-order valence-corrected chi connectivity index (χ0v) is 10.6. The lowest BCUT2D eigenvalue weighted by atomic mass is 10.4. The molecule has 0 unspecified atom stereocenters. The molecule has 18 heavy (non-hydrogen) atoms. The van der Waals surface area contributed by atoms with Crippen molar-refractivity contribution in [3.05, 3.63) is 23.7 Å². The van der Waals surface area contributed by atoms with Gasteiger partial charge in [0.15, 0.2) is 11.5 Å². The molecule has 1 aliphatic rings. The van der Waals surface area contributed by atoms with Gasteiger partial charge in [0.1, 0.15) is 0 Å². The van der Waals surface area contributed by atoms with E-state index in [4.69, 9.17) is 0 Å². The summed E-state index contributed by atoms with van der Waals surface area (Å²) in [6.07, 6.45) is 1.18. The predicted octanol–water partition coefficient (Wildman–Crippen LogP) is 0.228. The first-order valence-electron chi connectivity index (χ1n) is 6.44. The van der Waals surface area contributed by atoms with Crippen LogP contribution in [0.1, 0.15) is 17.9 Å². The van der Waals surface area contributed by atoms with Crippen LogP contribution in [0, 0.1) is 6.92 Å². The number of rotatable bonds is 2. The molecule has 0 aliphatic carbocycles. The normalized spacial score (nSPS) is 18.1. The van der Waals surface area contributed by atoms with Gasteiger partial charge in [0.2, 0.25) is 0 Å². The van der Waals surface area contributed by atoms with Crippen LogP contribution in [-0.4, -0.2) is 50.9 Å². The first-order valence-corrected chi connectivity index (χ1v) is 6.44. The SMILES string of the molecule is Cc1ccc2nnc(CN3CCCNCC3)n2n1. The molecule has 3 heterocycles. The van der Waals surface area contributed by atoms with E-state index < -0.39 is 0 Å². The Hall–Kier alpha value is -1.53. The van der Waals surface area contributed by atoms with Crippen LogP contribution in [0.25, 0.3) is 5.65 Å². The molecule has 0 aromatic carbocycles.